The van der Waals surface area contributed by atoms with Gasteiger partial charge < -0.3 is 5.32 Å². The Morgan fingerprint density at radius 3 is 2.72 bits per heavy atom. The zero-order valence-electron chi connectivity index (χ0n) is 14.1. The zero-order valence-corrected chi connectivity index (χ0v) is 14.9. The van der Waals surface area contributed by atoms with Crippen LogP contribution in [0, 0.1) is 0 Å². The van der Waals surface area contributed by atoms with Crippen LogP contribution in [0.1, 0.15) is 31.1 Å². The Morgan fingerprint density at radius 1 is 1.28 bits per heavy atom. The van der Waals surface area contributed by atoms with Gasteiger partial charge in [-0.1, -0.05) is 35.0 Å². The minimum absolute atomic E-state index is 0.197. The number of imide groups is 1. The Balaban J connectivity index is 1.62. The molecule has 1 N–H and O–H groups in total. The predicted octanol–water partition coefficient (Wildman–Crippen LogP) is 2.22. The monoisotopic (exact) mass is 361 g/mol. The van der Waals surface area contributed by atoms with Crippen molar-refractivity contribution in [2.45, 2.75) is 38.8 Å². The molecule has 1 fully saturated rings. The summed E-state index contributed by atoms with van der Waals surface area (Å²) in [5.41, 5.74) is 1.59. The highest BCUT2D eigenvalue weighted by molar-refractivity contribution is 6.31. The van der Waals surface area contributed by atoms with Gasteiger partial charge >= 0.3 is 6.03 Å². The fourth-order valence-corrected chi connectivity index (χ4v) is 2.96. The van der Waals surface area contributed by atoms with E-state index in [4.69, 9.17) is 11.6 Å². The van der Waals surface area contributed by atoms with Gasteiger partial charge in [0.2, 0.25) is 0 Å². The molecule has 1 saturated heterocycles. The Morgan fingerprint density at radius 2 is 2.04 bits per heavy atom. The van der Waals surface area contributed by atoms with Crippen molar-refractivity contribution in [3.8, 4) is 0 Å². The molecule has 0 aliphatic carbocycles. The molecule has 0 saturated carbocycles. The minimum atomic E-state index is -0.601. The summed E-state index contributed by atoms with van der Waals surface area (Å²) in [7, 11) is 0. The van der Waals surface area contributed by atoms with Gasteiger partial charge in [-0.2, -0.15) is 0 Å². The normalized spacial score (nSPS) is 17.4. The van der Waals surface area contributed by atoms with E-state index in [1.165, 1.54) is 4.90 Å². The molecule has 0 bridgehead atoms. The number of urea groups is 1. The van der Waals surface area contributed by atoms with Gasteiger partial charge in [0.1, 0.15) is 6.04 Å². The van der Waals surface area contributed by atoms with Gasteiger partial charge in [0, 0.05) is 30.2 Å². The number of rotatable bonds is 6. The molecule has 1 aromatic carbocycles. The molecule has 3 amide bonds. The van der Waals surface area contributed by atoms with E-state index in [0.717, 1.165) is 5.56 Å². The SMILES string of the molecule is CC(C)n1cc(C[C@H]2NC(=O)N(CCc3ccccc3Cl)C2=O)nn1. The maximum absolute atomic E-state index is 12.5. The molecule has 132 valence electrons. The fraction of sp³-hybridized carbons (Fsp3) is 0.412. The van der Waals surface area contributed by atoms with Gasteiger partial charge in [-0.05, 0) is 31.9 Å². The Hall–Kier alpha value is -2.41. The summed E-state index contributed by atoms with van der Waals surface area (Å²) < 4.78 is 1.73. The second-order valence-electron chi connectivity index (χ2n) is 6.32. The number of nitrogens with one attached hydrogen (secondary N) is 1. The van der Waals surface area contributed by atoms with Crippen LogP contribution in [-0.4, -0.2) is 44.4 Å². The van der Waals surface area contributed by atoms with Gasteiger partial charge in [0.05, 0.1) is 5.69 Å². The molecule has 8 heteroatoms. The Labute approximate surface area is 150 Å². The highest BCUT2D eigenvalue weighted by atomic mass is 35.5. The van der Waals surface area contributed by atoms with E-state index in [-0.39, 0.29) is 18.0 Å². The van der Waals surface area contributed by atoms with Gasteiger partial charge in [-0.15, -0.1) is 5.10 Å². The summed E-state index contributed by atoms with van der Waals surface area (Å²) in [6.07, 6.45) is 2.66. The molecule has 2 aromatic rings. The standard InChI is InChI=1S/C17H20ClN5O2/c1-11(2)23-10-13(20-21-23)9-15-16(24)22(17(25)19-15)8-7-12-5-3-4-6-14(12)18/h3-6,10-11,15H,7-9H2,1-2H3,(H,19,25)/t15-/m1/s1. The molecule has 1 aliphatic heterocycles. The first-order valence-electron chi connectivity index (χ1n) is 8.21. The van der Waals surface area contributed by atoms with Crippen LogP contribution < -0.4 is 5.32 Å². The van der Waals surface area contributed by atoms with Crippen molar-refractivity contribution in [2.24, 2.45) is 0 Å². The minimum Gasteiger partial charge on any atom is -0.325 e. The van der Waals surface area contributed by atoms with E-state index >= 15 is 0 Å². The summed E-state index contributed by atoms with van der Waals surface area (Å²) in [6.45, 7) is 4.29. The Kier molecular flexibility index (Phi) is 5.03. The molecule has 0 radical (unpaired) electrons. The van der Waals surface area contributed by atoms with E-state index in [1.807, 2.05) is 32.0 Å². The van der Waals surface area contributed by atoms with Crippen molar-refractivity contribution < 1.29 is 9.59 Å². The second-order valence-corrected chi connectivity index (χ2v) is 6.73. The molecular formula is C17H20ClN5O2. The molecule has 2 heterocycles. The smallest absolute Gasteiger partial charge is 0.324 e. The summed E-state index contributed by atoms with van der Waals surface area (Å²) in [5.74, 6) is -0.240. The van der Waals surface area contributed by atoms with Gasteiger partial charge in [0.25, 0.3) is 5.91 Å². The molecular weight excluding hydrogens is 342 g/mol. The fourth-order valence-electron chi connectivity index (χ4n) is 2.73. The van der Waals surface area contributed by atoms with Crippen LogP contribution in [0.2, 0.25) is 5.02 Å². The predicted molar refractivity (Wildman–Crippen MR) is 93.3 cm³/mol. The largest absolute Gasteiger partial charge is 0.325 e. The van der Waals surface area contributed by atoms with Crippen molar-refractivity contribution in [3.63, 3.8) is 0 Å². The van der Waals surface area contributed by atoms with Crippen molar-refractivity contribution in [1.29, 1.82) is 0 Å². The number of benzene rings is 1. The van der Waals surface area contributed by atoms with Crippen molar-refractivity contribution >= 4 is 23.5 Å². The molecule has 7 nitrogen and oxygen atoms in total. The third-order valence-corrected chi connectivity index (χ3v) is 4.54. The lowest BCUT2D eigenvalue weighted by molar-refractivity contribution is -0.127. The maximum Gasteiger partial charge on any atom is 0.324 e. The lowest BCUT2D eigenvalue weighted by Gasteiger charge is -2.13. The number of hydrogen-bond donors (Lipinski definition) is 1. The number of nitrogens with zero attached hydrogens (tertiary/aromatic N) is 4. The number of aromatic nitrogens is 3. The van der Waals surface area contributed by atoms with Crippen molar-refractivity contribution in [2.75, 3.05) is 6.54 Å². The van der Waals surface area contributed by atoms with Crippen LogP contribution in [0.5, 0.6) is 0 Å². The lowest BCUT2D eigenvalue weighted by Crippen LogP contribution is -2.34. The molecule has 0 unspecified atom stereocenters. The number of carbonyl (C=O) groups is 2. The molecule has 1 aromatic heterocycles. The maximum atomic E-state index is 12.5. The number of hydrogen-bond acceptors (Lipinski definition) is 4. The van der Waals surface area contributed by atoms with Crippen LogP contribution in [0.25, 0.3) is 0 Å². The van der Waals surface area contributed by atoms with Gasteiger partial charge in [0.15, 0.2) is 0 Å². The summed E-state index contributed by atoms with van der Waals surface area (Å²) in [5, 5.41) is 11.4. The number of halogens is 1. The first-order chi connectivity index (χ1) is 12.0. The number of carbonyl (C=O) groups excluding carboxylic acids is 2. The van der Waals surface area contributed by atoms with Gasteiger partial charge in [-0.3, -0.25) is 9.69 Å². The van der Waals surface area contributed by atoms with E-state index < -0.39 is 6.04 Å². The Bertz CT molecular complexity index is 789. The quantitative estimate of drug-likeness (QED) is 0.800. The summed E-state index contributed by atoms with van der Waals surface area (Å²) in [4.78, 5) is 25.9. The molecule has 1 atom stereocenters. The van der Waals surface area contributed by atoms with Gasteiger partial charge in [-0.25, -0.2) is 9.48 Å². The van der Waals surface area contributed by atoms with Crippen LogP contribution in [-0.2, 0) is 17.6 Å². The van der Waals surface area contributed by atoms with Crippen LogP contribution in [0.15, 0.2) is 30.5 Å². The van der Waals surface area contributed by atoms with Crippen molar-refractivity contribution in [1.82, 2.24) is 25.2 Å². The number of amides is 3. The summed E-state index contributed by atoms with van der Waals surface area (Å²) >= 11 is 6.12. The van der Waals surface area contributed by atoms with E-state index in [1.54, 1.807) is 16.9 Å². The highest BCUT2D eigenvalue weighted by Crippen LogP contribution is 2.17. The van der Waals surface area contributed by atoms with E-state index in [9.17, 15) is 9.59 Å². The topological polar surface area (TPSA) is 80.1 Å². The summed E-state index contributed by atoms with van der Waals surface area (Å²) in [6, 6.07) is 6.64. The van der Waals surface area contributed by atoms with E-state index in [0.29, 0.717) is 30.1 Å². The average molecular weight is 362 g/mol. The molecule has 3 rings (SSSR count). The first kappa shape index (κ1) is 17.4. The molecule has 0 spiro atoms. The third kappa shape index (κ3) is 3.82. The average Bonchev–Trinajstić information content (AvgIpc) is 3.14. The molecule has 25 heavy (non-hydrogen) atoms. The lowest BCUT2D eigenvalue weighted by atomic mass is 10.1. The highest BCUT2D eigenvalue weighted by Gasteiger charge is 2.38. The van der Waals surface area contributed by atoms with Crippen LogP contribution >= 0.6 is 11.6 Å². The first-order valence-corrected chi connectivity index (χ1v) is 8.59. The molecule has 1 aliphatic rings. The van der Waals surface area contributed by atoms with Crippen LogP contribution in [0.3, 0.4) is 0 Å². The third-order valence-electron chi connectivity index (χ3n) is 4.17. The van der Waals surface area contributed by atoms with Crippen LogP contribution in [0.4, 0.5) is 4.79 Å². The van der Waals surface area contributed by atoms with E-state index in [2.05, 4.69) is 15.6 Å². The van der Waals surface area contributed by atoms with Crippen molar-refractivity contribution in [3.05, 3.63) is 46.7 Å². The second kappa shape index (κ2) is 7.23. The zero-order chi connectivity index (χ0) is 18.0.